The van der Waals surface area contributed by atoms with E-state index in [1.807, 2.05) is 18.9 Å². The van der Waals surface area contributed by atoms with Crippen molar-refractivity contribution < 1.29 is 22.9 Å². The van der Waals surface area contributed by atoms with Gasteiger partial charge in [0, 0.05) is 0 Å². The SMILES string of the molecule is CN1Cc2c(Cl)cc(Cl)cc2C(c2ccc(S(=O)(=O)N(C#P=O)CC(=O)O)cc2)C1. The number of rotatable bonds is 5. The van der Waals surface area contributed by atoms with Gasteiger partial charge < -0.3 is 0 Å². The Morgan fingerprint density at radius 2 is 1.97 bits per heavy atom. The average Bonchev–Trinajstić information content (AvgIpc) is 2.67. The third kappa shape index (κ3) is 4.82. The normalized spacial score (nSPS) is 16.7. The topological polar surface area (TPSA) is 95.0 Å². The van der Waals surface area contributed by atoms with Crippen molar-refractivity contribution in [3.05, 3.63) is 63.1 Å². The number of carbonyl (C=O) groups is 1. The molecule has 0 aliphatic carbocycles. The van der Waals surface area contributed by atoms with Gasteiger partial charge in [0.05, 0.1) is 0 Å². The van der Waals surface area contributed by atoms with Crippen LogP contribution in [0.1, 0.15) is 22.6 Å². The van der Waals surface area contributed by atoms with Crippen molar-refractivity contribution in [2.45, 2.75) is 17.4 Å². The van der Waals surface area contributed by atoms with Crippen LogP contribution in [0.4, 0.5) is 0 Å². The molecular weight excluding hydrogens is 470 g/mol. The molecule has 11 heteroatoms. The number of hydrogen-bond donors (Lipinski definition) is 1. The Bertz CT molecular complexity index is 1200. The summed E-state index contributed by atoms with van der Waals surface area (Å²) in [5.74, 6) is 0.551. The first-order chi connectivity index (χ1) is 14.1. The Labute approximate surface area is 185 Å². The quantitative estimate of drug-likeness (QED) is 0.509. The van der Waals surface area contributed by atoms with Crippen LogP contribution in [0.3, 0.4) is 0 Å². The summed E-state index contributed by atoms with van der Waals surface area (Å²) in [5.41, 5.74) is 2.82. The first-order valence-electron chi connectivity index (χ1n) is 8.72. The van der Waals surface area contributed by atoms with Gasteiger partial charge in [-0.2, -0.15) is 0 Å². The first-order valence-corrected chi connectivity index (χ1v) is 11.7. The molecule has 1 aliphatic rings. The van der Waals surface area contributed by atoms with Crippen molar-refractivity contribution >= 4 is 47.1 Å². The summed E-state index contributed by atoms with van der Waals surface area (Å²) < 4.78 is 36.6. The fourth-order valence-corrected chi connectivity index (χ4v) is 5.75. The molecule has 1 N–H and O–H groups in total. The molecular formula is C19H17Cl2N2O5PS. The van der Waals surface area contributed by atoms with Crippen LogP contribution in [0.2, 0.25) is 10.0 Å². The third-order valence-corrected chi connectivity index (χ3v) is 7.48. The standard InChI is InChI=1S/C19H17Cl2N2O5PS/c1-22-8-16(15-6-13(20)7-18(21)17(15)9-22)12-2-4-14(5-3-12)30(27,28)23(11-29-26)10-19(24)25/h2-7,16H,8-10H2,1H3,(H,24,25). The maximum atomic E-state index is 12.7. The molecule has 0 amide bonds. The summed E-state index contributed by atoms with van der Waals surface area (Å²) in [6, 6.07) is 9.70. The van der Waals surface area contributed by atoms with E-state index in [9.17, 15) is 17.8 Å². The van der Waals surface area contributed by atoms with Gasteiger partial charge in [-0.1, -0.05) is 0 Å². The molecule has 2 aromatic carbocycles. The van der Waals surface area contributed by atoms with Crippen molar-refractivity contribution in [1.29, 1.82) is 0 Å². The van der Waals surface area contributed by atoms with E-state index < -0.39 is 30.5 Å². The first kappa shape index (κ1) is 23.0. The van der Waals surface area contributed by atoms with Gasteiger partial charge in [0.2, 0.25) is 0 Å². The van der Waals surface area contributed by atoms with Gasteiger partial charge in [0.25, 0.3) is 0 Å². The Hall–Kier alpha value is -1.63. The Balaban J connectivity index is 1.99. The predicted octanol–water partition coefficient (Wildman–Crippen LogP) is 3.85. The summed E-state index contributed by atoms with van der Waals surface area (Å²) >= 11 is 12.6. The van der Waals surface area contributed by atoms with Crippen LogP contribution in [0.15, 0.2) is 41.3 Å². The minimum atomic E-state index is -4.21. The Morgan fingerprint density at radius 3 is 2.57 bits per heavy atom. The summed E-state index contributed by atoms with van der Waals surface area (Å²) in [4.78, 5) is 12.9. The maximum absolute atomic E-state index is 12.7. The molecule has 2 aromatic rings. The van der Waals surface area contributed by atoms with Gasteiger partial charge in [0.1, 0.15) is 0 Å². The molecule has 0 saturated heterocycles. The number of benzene rings is 2. The number of nitrogens with zero attached hydrogens (tertiary/aromatic N) is 2. The minimum absolute atomic E-state index is 0.0693. The van der Waals surface area contributed by atoms with E-state index in [0.29, 0.717) is 27.4 Å². The van der Waals surface area contributed by atoms with E-state index in [0.717, 1.165) is 16.7 Å². The molecule has 7 nitrogen and oxygen atoms in total. The predicted molar refractivity (Wildman–Crippen MR) is 114 cm³/mol. The number of carboxylic acid groups (broad SMARTS) is 1. The summed E-state index contributed by atoms with van der Waals surface area (Å²) in [6.07, 6.45) is 0. The molecule has 0 bridgehead atoms. The molecule has 1 aliphatic heterocycles. The molecule has 0 fully saturated rings. The van der Waals surface area contributed by atoms with Crippen LogP contribution in [0.25, 0.3) is 0 Å². The number of halogens is 2. The van der Waals surface area contributed by atoms with Gasteiger partial charge in [-0.05, 0) is 0 Å². The van der Waals surface area contributed by atoms with Crippen LogP contribution in [-0.4, -0.2) is 48.8 Å². The van der Waals surface area contributed by atoms with Crippen LogP contribution >= 0.6 is 31.1 Å². The summed E-state index contributed by atoms with van der Waals surface area (Å²) in [6.45, 7) is 0.493. The monoisotopic (exact) mass is 486 g/mol. The molecule has 158 valence electrons. The molecule has 0 spiro atoms. The number of sulfonamides is 1. The van der Waals surface area contributed by atoms with E-state index in [1.54, 1.807) is 18.2 Å². The van der Waals surface area contributed by atoms with Gasteiger partial charge in [-0.25, -0.2) is 0 Å². The van der Waals surface area contributed by atoms with E-state index in [2.05, 4.69) is 4.90 Å². The Kier molecular flexibility index (Phi) is 7.10. The molecule has 0 aromatic heterocycles. The second kappa shape index (κ2) is 9.25. The van der Waals surface area contributed by atoms with Gasteiger partial charge in [-0.3, -0.25) is 0 Å². The summed E-state index contributed by atoms with van der Waals surface area (Å²) in [7, 11) is -2.97. The number of likely N-dealkylation sites (N-methyl/N-ethyl adjacent to an activating group) is 1. The third-order valence-electron chi connectivity index (χ3n) is 4.79. The second-order valence-corrected chi connectivity index (χ2v) is 9.96. The van der Waals surface area contributed by atoms with Gasteiger partial charge >= 0.3 is 186 Å². The second-order valence-electron chi connectivity index (χ2n) is 6.87. The molecule has 1 unspecified atom stereocenters. The van der Waals surface area contributed by atoms with Crippen molar-refractivity contribution in [3.8, 4) is 5.75 Å². The van der Waals surface area contributed by atoms with Gasteiger partial charge in [-0.15, -0.1) is 0 Å². The number of aliphatic carboxylic acids is 1. The van der Waals surface area contributed by atoms with Crippen LogP contribution < -0.4 is 0 Å². The van der Waals surface area contributed by atoms with E-state index >= 15 is 0 Å². The average molecular weight is 487 g/mol. The molecule has 30 heavy (non-hydrogen) atoms. The number of carboxylic acids is 1. The zero-order valence-electron chi connectivity index (χ0n) is 15.7. The Morgan fingerprint density at radius 1 is 1.30 bits per heavy atom. The fourth-order valence-electron chi connectivity index (χ4n) is 3.47. The van der Waals surface area contributed by atoms with E-state index in [1.165, 1.54) is 12.1 Å². The zero-order valence-corrected chi connectivity index (χ0v) is 19.0. The number of fused-ring (bicyclic) bond motifs is 1. The molecule has 0 radical (unpaired) electrons. The van der Waals surface area contributed by atoms with Crippen molar-refractivity contribution in [3.63, 3.8) is 0 Å². The number of hydrogen-bond acceptors (Lipinski definition) is 5. The van der Waals surface area contributed by atoms with Crippen molar-refractivity contribution in [1.82, 2.24) is 9.21 Å². The van der Waals surface area contributed by atoms with Crippen LogP contribution in [0.5, 0.6) is 0 Å². The van der Waals surface area contributed by atoms with Gasteiger partial charge in [0.15, 0.2) is 0 Å². The van der Waals surface area contributed by atoms with Crippen LogP contribution in [0, 0.1) is 5.75 Å². The zero-order chi connectivity index (χ0) is 22.1. The molecule has 3 rings (SSSR count). The van der Waals surface area contributed by atoms with Crippen molar-refractivity contribution in [2.24, 2.45) is 0 Å². The molecule has 0 saturated carbocycles. The van der Waals surface area contributed by atoms with Crippen molar-refractivity contribution in [2.75, 3.05) is 20.1 Å². The fraction of sp³-hybridized carbons (Fsp3) is 0.263. The molecule has 1 atom stereocenters. The van der Waals surface area contributed by atoms with Crippen LogP contribution in [-0.2, 0) is 25.9 Å². The summed E-state index contributed by atoms with van der Waals surface area (Å²) in [5, 5.41) is 10.0. The van der Waals surface area contributed by atoms with E-state index in [-0.39, 0.29) is 10.8 Å². The molecule has 1 heterocycles. The van der Waals surface area contributed by atoms with E-state index in [4.69, 9.17) is 28.3 Å².